The second kappa shape index (κ2) is 14.8. The minimum absolute atomic E-state index is 0. The quantitative estimate of drug-likeness (QED) is 0.216. The lowest BCUT2D eigenvalue weighted by Crippen LogP contribution is -2.39. The van der Waals surface area contributed by atoms with E-state index in [9.17, 15) is 0 Å². The molecule has 1 saturated heterocycles. The van der Waals surface area contributed by atoms with E-state index in [1.165, 1.54) is 38.0 Å². The second-order valence-corrected chi connectivity index (χ2v) is 8.03. The van der Waals surface area contributed by atoms with Crippen molar-refractivity contribution >= 4 is 29.9 Å². The summed E-state index contributed by atoms with van der Waals surface area (Å²) in [5.41, 5.74) is 1.19. The van der Waals surface area contributed by atoms with Crippen molar-refractivity contribution in [2.45, 2.75) is 32.7 Å². The number of hydrogen-bond donors (Lipinski definition) is 2. The average Bonchev–Trinajstić information content (AvgIpc) is 2.69. The van der Waals surface area contributed by atoms with E-state index in [1.807, 2.05) is 19.2 Å². The highest BCUT2D eigenvalue weighted by atomic mass is 127. The fourth-order valence-corrected chi connectivity index (χ4v) is 3.29. The normalized spacial score (nSPS) is 15.8. The van der Waals surface area contributed by atoms with E-state index in [0.717, 1.165) is 43.7 Å². The standard InChI is InChI=1S/C22H39N5O.HI/c1-19-9-13-27(14-10-19)12-6-11-24-22(23-2)25-18-20-7-5-8-21(17-20)28-16-15-26(3)4;/h5,7-8,17,19H,6,9-16,18H2,1-4H3,(H2,23,24,25);1H. The summed E-state index contributed by atoms with van der Waals surface area (Å²) in [7, 11) is 5.92. The van der Waals surface area contributed by atoms with Crippen molar-refractivity contribution in [3.05, 3.63) is 29.8 Å². The molecule has 2 rings (SSSR count). The Kier molecular flexibility index (Phi) is 13.3. The number of ether oxygens (including phenoxy) is 1. The average molecular weight is 518 g/mol. The van der Waals surface area contributed by atoms with Gasteiger partial charge in [-0.05, 0) is 76.6 Å². The molecule has 0 radical (unpaired) electrons. The lowest BCUT2D eigenvalue weighted by molar-refractivity contribution is 0.191. The van der Waals surface area contributed by atoms with Crippen LogP contribution in [0.4, 0.5) is 0 Å². The van der Waals surface area contributed by atoms with Crippen LogP contribution in [0.1, 0.15) is 31.7 Å². The molecule has 1 aliphatic heterocycles. The number of likely N-dealkylation sites (tertiary alicyclic amines) is 1. The molecule has 0 aromatic heterocycles. The van der Waals surface area contributed by atoms with Crippen LogP contribution in [0.3, 0.4) is 0 Å². The van der Waals surface area contributed by atoms with Crippen LogP contribution in [-0.2, 0) is 6.54 Å². The number of rotatable bonds is 10. The van der Waals surface area contributed by atoms with Gasteiger partial charge in [-0.15, -0.1) is 24.0 Å². The SMILES string of the molecule is CN=C(NCCCN1CCC(C)CC1)NCc1cccc(OCCN(C)C)c1.I. The minimum Gasteiger partial charge on any atom is -0.492 e. The molecule has 1 aliphatic rings. The molecule has 7 heteroatoms. The number of likely N-dealkylation sites (N-methyl/N-ethyl adjacent to an activating group) is 1. The molecule has 1 aromatic rings. The molecule has 1 heterocycles. The van der Waals surface area contributed by atoms with E-state index in [4.69, 9.17) is 4.74 Å². The Balaban J connectivity index is 0.00000420. The zero-order valence-electron chi connectivity index (χ0n) is 18.6. The van der Waals surface area contributed by atoms with Crippen LogP contribution < -0.4 is 15.4 Å². The maximum atomic E-state index is 5.81. The Morgan fingerprint density at radius 3 is 2.69 bits per heavy atom. The zero-order chi connectivity index (χ0) is 20.2. The lowest BCUT2D eigenvalue weighted by atomic mass is 9.99. The largest absolute Gasteiger partial charge is 0.492 e. The van der Waals surface area contributed by atoms with Gasteiger partial charge in [-0.1, -0.05) is 19.1 Å². The Morgan fingerprint density at radius 1 is 1.24 bits per heavy atom. The number of hydrogen-bond acceptors (Lipinski definition) is 4. The summed E-state index contributed by atoms with van der Waals surface area (Å²) in [6, 6.07) is 8.25. The van der Waals surface area contributed by atoms with Gasteiger partial charge in [0.2, 0.25) is 0 Å². The first-order valence-corrected chi connectivity index (χ1v) is 10.6. The van der Waals surface area contributed by atoms with E-state index >= 15 is 0 Å². The highest BCUT2D eigenvalue weighted by Crippen LogP contribution is 2.15. The lowest BCUT2D eigenvalue weighted by Gasteiger charge is -2.30. The van der Waals surface area contributed by atoms with Crippen LogP contribution in [-0.4, -0.2) is 76.2 Å². The molecular formula is C22H40IN5O. The van der Waals surface area contributed by atoms with Crippen LogP contribution in [0.15, 0.2) is 29.3 Å². The monoisotopic (exact) mass is 517 g/mol. The fraction of sp³-hybridized carbons (Fsp3) is 0.682. The van der Waals surface area contributed by atoms with E-state index < -0.39 is 0 Å². The van der Waals surface area contributed by atoms with Crippen molar-refractivity contribution < 1.29 is 4.74 Å². The molecule has 0 bridgehead atoms. The molecule has 6 nitrogen and oxygen atoms in total. The topological polar surface area (TPSA) is 52.1 Å². The number of nitrogens with zero attached hydrogens (tertiary/aromatic N) is 3. The summed E-state index contributed by atoms with van der Waals surface area (Å²) in [5, 5.41) is 6.82. The first-order chi connectivity index (χ1) is 13.6. The highest BCUT2D eigenvalue weighted by molar-refractivity contribution is 14.0. The number of halogens is 1. The first-order valence-electron chi connectivity index (χ1n) is 10.6. The molecule has 0 amide bonds. The number of benzene rings is 1. The number of nitrogens with one attached hydrogen (secondary N) is 2. The summed E-state index contributed by atoms with van der Waals surface area (Å²) < 4.78 is 5.81. The van der Waals surface area contributed by atoms with E-state index in [-0.39, 0.29) is 24.0 Å². The molecular weight excluding hydrogens is 477 g/mol. The predicted molar refractivity (Wildman–Crippen MR) is 134 cm³/mol. The summed E-state index contributed by atoms with van der Waals surface area (Å²) >= 11 is 0. The van der Waals surface area contributed by atoms with Crippen LogP contribution in [0.25, 0.3) is 0 Å². The third-order valence-corrected chi connectivity index (χ3v) is 5.21. The molecule has 0 unspecified atom stereocenters. The molecule has 0 atom stereocenters. The van der Waals surface area contributed by atoms with Gasteiger partial charge < -0.3 is 25.2 Å². The van der Waals surface area contributed by atoms with Gasteiger partial charge in [-0.25, -0.2) is 0 Å². The van der Waals surface area contributed by atoms with Gasteiger partial charge >= 0.3 is 0 Å². The third-order valence-electron chi connectivity index (χ3n) is 5.21. The molecule has 1 fully saturated rings. The number of piperidine rings is 1. The van der Waals surface area contributed by atoms with E-state index in [0.29, 0.717) is 6.61 Å². The predicted octanol–water partition coefficient (Wildman–Crippen LogP) is 3.03. The Morgan fingerprint density at radius 2 is 2.00 bits per heavy atom. The maximum absolute atomic E-state index is 5.81. The Hall–Kier alpha value is -1.06. The summed E-state index contributed by atoms with van der Waals surface area (Å²) in [6.45, 7) is 9.32. The molecule has 0 saturated carbocycles. The van der Waals surface area contributed by atoms with Crippen molar-refractivity contribution in [2.24, 2.45) is 10.9 Å². The fourth-order valence-electron chi connectivity index (χ4n) is 3.29. The van der Waals surface area contributed by atoms with Gasteiger partial charge in [-0.3, -0.25) is 4.99 Å². The third kappa shape index (κ3) is 11.1. The van der Waals surface area contributed by atoms with Crippen molar-refractivity contribution in [2.75, 3.05) is 60.5 Å². The second-order valence-electron chi connectivity index (χ2n) is 8.03. The Labute approximate surface area is 194 Å². The molecule has 2 N–H and O–H groups in total. The van der Waals surface area contributed by atoms with Crippen LogP contribution in [0.5, 0.6) is 5.75 Å². The first kappa shape index (κ1) is 26.0. The van der Waals surface area contributed by atoms with Crippen molar-refractivity contribution in [1.82, 2.24) is 20.4 Å². The van der Waals surface area contributed by atoms with Crippen molar-refractivity contribution in [1.29, 1.82) is 0 Å². The van der Waals surface area contributed by atoms with Crippen LogP contribution in [0, 0.1) is 5.92 Å². The maximum Gasteiger partial charge on any atom is 0.191 e. The van der Waals surface area contributed by atoms with Gasteiger partial charge in [0, 0.05) is 26.7 Å². The summed E-state index contributed by atoms with van der Waals surface area (Å²) in [4.78, 5) is 9.03. The molecule has 166 valence electrons. The number of aliphatic imine (C=N–C) groups is 1. The molecule has 0 spiro atoms. The van der Waals surface area contributed by atoms with Gasteiger partial charge in [-0.2, -0.15) is 0 Å². The van der Waals surface area contributed by atoms with Gasteiger partial charge in [0.25, 0.3) is 0 Å². The van der Waals surface area contributed by atoms with Gasteiger partial charge in [0.1, 0.15) is 12.4 Å². The highest BCUT2D eigenvalue weighted by Gasteiger charge is 2.14. The number of guanidine groups is 1. The van der Waals surface area contributed by atoms with Crippen molar-refractivity contribution in [3.63, 3.8) is 0 Å². The van der Waals surface area contributed by atoms with E-state index in [2.05, 4.69) is 58.6 Å². The summed E-state index contributed by atoms with van der Waals surface area (Å²) in [5.74, 6) is 2.67. The molecule has 1 aromatic carbocycles. The van der Waals surface area contributed by atoms with Crippen LogP contribution in [0.2, 0.25) is 0 Å². The smallest absolute Gasteiger partial charge is 0.191 e. The van der Waals surface area contributed by atoms with Gasteiger partial charge in [0.15, 0.2) is 5.96 Å². The molecule has 0 aliphatic carbocycles. The van der Waals surface area contributed by atoms with E-state index in [1.54, 1.807) is 0 Å². The molecule has 29 heavy (non-hydrogen) atoms. The van der Waals surface area contributed by atoms with Crippen LogP contribution >= 0.6 is 24.0 Å². The van der Waals surface area contributed by atoms with Crippen molar-refractivity contribution in [3.8, 4) is 5.75 Å². The minimum atomic E-state index is 0. The van der Waals surface area contributed by atoms with Gasteiger partial charge in [0.05, 0.1) is 0 Å². The summed E-state index contributed by atoms with van der Waals surface area (Å²) in [6.07, 6.45) is 3.83. The zero-order valence-corrected chi connectivity index (χ0v) is 20.9. The Bertz CT molecular complexity index is 588.